The minimum absolute atomic E-state index is 0.556. The molecule has 3 heteroatoms. The molecule has 0 atom stereocenters. The van der Waals surface area contributed by atoms with Crippen LogP contribution in [0.2, 0.25) is 0 Å². The SMILES string of the molecule is CCN(CC)C(=O)[C]=O. The van der Waals surface area contributed by atoms with Gasteiger partial charge in [-0.1, -0.05) is 0 Å². The third-order valence-electron chi connectivity index (χ3n) is 1.14. The van der Waals surface area contributed by atoms with Crippen molar-refractivity contribution < 1.29 is 9.59 Å². The van der Waals surface area contributed by atoms with E-state index in [0.717, 1.165) is 0 Å². The molecule has 0 unspecified atom stereocenters. The Labute approximate surface area is 54.6 Å². The molecule has 1 radical (unpaired) electrons. The zero-order chi connectivity index (χ0) is 7.28. The van der Waals surface area contributed by atoms with Crippen LogP contribution in [0, 0.1) is 0 Å². The van der Waals surface area contributed by atoms with E-state index in [1.54, 1.807) is 0 Å². The van der Waals surface area contributed by atoms with Crippen molar-refractivity contribution >= 4 is 12.2 Å². The van der Waals surface area contributed by atoms with E-state index in [0.29, 0.717) is 13.1 Å². The quantitative estimate of drug-likeness (QED) is 0.500. The van der Waals surface area contributed by atoms with Gasteiger partial charge < -0.3 is 4.90 Å². The number of hydrogen-bond donors (Lipinski definition) is 0. The molecule has 0 aromatic heterocycles. The van der Waals surface area contributed by atoms with Crippen LogP contribution in [0.25, 0.3) is 0 Å². The fourth-order valence-corrected chi connectivity index (χ4v) is 0.575. The molecule has 0 rings (SSSR count). The molecule has 0 heterocycles. The van der Waals surface area contributed by atoms with Crippen molar-refractivity contribution in [2.24, 2.45) is 0 Å². The molecule has 9 heavy (non-hydrogen) atoms. The number of carbonyl (C=O) groups excluding carboxylic acids is 2. The normalized spacial score (nSPS) is 8.67. The molecule has 0 fully saturated rings. The van der Waals surface area contributed by atoms with Crippen LogP contribution in [-0.2, 0) is 9.59 Å². The molecule has 0 aliphatic carbocycles. The standard InChI is InChI=1S/C6H10NO2/c1-3-7(4-2)6(9)5-8/h3-4H2,1-2H3. The fraction of sp³-hybridized carbons (Fsp3) is 0.667. The largest absolute Gasteiger partial charge is 0.336 e. The third-order valence-corrected chi connectivity index (χ3v) is 1.14. The van der Waals surface area contributed by atoms with E-state index in [9.17, 15) is 9.59 Å². The minimum atomic E-state index is -0.556. The van der Waals surface area contributed by atoms with Crippen molar-refractivity contribution in [1.82, 2.24) is 4.90 Å². The monoisotopic (exact) mass is 128 g/mol. The molecule has 0 bridgehead atoms. The van der Waals surface area contributed by atoms with Crippen LogP contribution in [0.5, 0.6) is 0 Å². The Hall–Kier alpha value is -0.860. The van der Waals surface area contributed by atoms with Gasteiger partial charge in [0.2, 0.25) is 0 Å². The molecule has 0 aliphatic heterocycles. The Morgan fingerprint density at radius 1 is 1.44 bits per heavy atom. The van der Waals surface area contributed by atoms with Gasteiger partial charge in [0.1, 0.15) is 0 Å². The number of carbonyl (C=O) groups is 1. The summed E-state index contributed by atoms with van der Waals surface area (Å²) in [6.45, 7) is 4.78. The fourth-order valence-electron chi connectivity index (χ4n) is 0.575. The first-order chi connectivity index (χ1) is 4.26. The predicted molar refractivity (Wildman–Crippen MR) is 33.6 cm³/mol. The van der Waals surface area contributed by atoms with E-state index in [-0.39, 0.29) is 0 Å². The van der Waals surface area contributed by atoms with Gasteiger partial charge in [0.25, 0.3) is 12.2 Å². The van der Waals surface area contributed by atoms with Gasteiger partial charge >= 0.3 is 0 Å². The maximum Gasteiger partial charge on any atom is 0.298 e. The van der Waals surface area contributed by atoms with Crippen molar-refractivity contribution in [1.29, 1.82) is 0 Å². The summed E-state index contributed by atoms with van der Waals surface area (Å²) < 4.78 is 0. The van der Waals surface area contributed by atoms with Crippen LogP contribution in [-0.4, -0.2) is 30.2 Å². The van der Waals surface area contributed by atoms with Crippen LogP contribution < -0.4 is 0 Å². The Morgan fingerprint density at radius 3 is 2.00 bits per heavy atom. The van der Waals surface area contributed by atoms with E-state index in [4.69, 9.17) is 0 Å². The van der Waals surface area contributed by atoms with Crippen LogP contribution in [0.3, 0.4) is 0 Å². The molecule has 1 amide bonds. The van der Waals surface area contributed by atoms with Gasteiger partial charge in [0.05, 0.1) is 0 Å². The Kier molecular flexibility index (Phi) is 3.67. The summed E-state index contributed by atoms with van der Waals surface area (Å²) in [7, 11) is 0. The summed E-state index contributed by atoms with van der Waals surface area (Å²) in [6, 6.07) is 0. The van der Waals surface area contributed by atoms with Crippen molar-refractivity contribution in [2.75, 3.05) is 13.1 Å². The smallest absolute Gasteiger partial charge is 0.298 e. The van der Waals surface area contributed by atoms with E-state index in [1.165, 1.54) is 11.2 Å². The second-order valence-electron chi connectivity index (χ2n) is 1.58. The predicted octanol–water partition coefficient (Wildman–Crippen LogP) is -0.0355. The maximum atomic E-state index is 10.5. The zero-order valence-corrected chi connectivity index (χ0v) is 5.68. The van der Waals surface area contributed by atoms with Crippen molar-refractivity contribution in [2.45, 2.75) is 13.8 Å². The molecule has 0 saturated heterocycles. The first-order valence-corrected chi connectivity index (χ1v) is 2.93. The molecule has 0 N–H and O–H groups in total. The molecule has 0 spiro atoms. The van der Waals surface area contributed by atoms with E-state index >= 15 is 0 Å². The lowest BCUT2D eigenvalue weighted by Crippen LogP contribution is -2.30. The summed E-state index contributed by atoms with van der Waals surface area (Å²) in [6.07, 6.45) is 1.30. The van der Waals surface area contributed by atoms with Crippen molar-refractivity contribution in [3.05, 3.63) is 0 Å². The van der Waals surface area contributed by atoms with Gasteiger partial charge in [-0.3, -0.25) is 9.59 Å². The average molecular weight is 128 g/mol. The number of likely N-dealkylation sites (N-methyl/N-ethyl adjacent to an activating group) is 1. The van der Waals surface area contributed by atoms with E-state index in [1.807, 2.05) is 13.8 Å². The van der Waals surface area contributed by atoms with Gasteiger partial charge in [0, 0.05) is 13.1 Å². The highest BCUT2D eigenvalue weighted by molar-refractivity contribution is 6.23. The third kappa shape index (κ3) is 2.26. The van der Waals surface area contributed by atoms with E-state index < -0.39 is 5.91 Å². The first kappa shape index (κ1) is 8.14. The Morgan fingerprint density at radius 2 is 1.89 bits per heavy atom. The minimum Gasteiger partial charge on any atom is -0.336 e. The van der Waals surface area contributed by atoms with Crippen LogP contribution in [0.15, 0.2) is 0 Å². The summed E-state index contributed by atoms with van der Waals surface area (Å²) in [5, 5.41) is 0. The number of rotatable bonds is 3. The molecule has 0 aromatic rings. The molecule has 51 valence electrons. The molecule has 3 nitrogen and oxygen atoms in total. The van der Waals surface area contributed by atoms with Crippen LogP contribution in [0.4, 0.5) is 0 Å². The second-order valence-corrected chi connectivity index (χ2v) is 1.58. The van der Waals surface area contributed by atoms with Gasteiger partial charge in [-0.25, -0.2) is 0 Å². The molecule has 0 aliphatic rings. The second kappa shape index (κ2) is 4.06. The number of nitrogens with zero attached hydrogens (tertiary/aromatic N) is 1. The van der Waals surface area contributed by atoms with Gasteiger partial charge in [-0.15, -0.1) is 0 Å². The lowest BCUT2D eigenvalue weighted by Gasteiger charge is -2.13. The number of amides is 1. The zero-order valence-electron chi connectivity index (χ0n) is 5.68. The maximum absolute atomic E-state index is 10.5. The average Bonchev–Trinajstić information content (AvgIpc) is 1.90. The summed E-state index contributed by atoms with van der Waals surface area (Å²) >= 11 is 0. The van der Waals surface area contributed by atoms with Gasteiger partial charge in [-0.2, -0.15) is 0 Å². The first-order valence-electron chi connectivity index (χ1n) is 2.93. The summed E-state index contributed by atoms with van der Waals surface area (Å²) in [5.41, 5.74) is 0. The highest BCUT2D eigenvalue weighted by atomic mass is 16.2. The molecular weight excluding hydrogens is 118 g/mol. The Balaban J connectivity index is 3.78. The van der Waals surface area contributed by atoms with Crippen molar-refractivity contribution in [3.8, 4) is 0 Å². The van der Waals surface area contributed by atoms with Crippen LogP contribution in [0.1, 0.15) is 13.8 Å². The highest BCUT2D eigenvalue weighted by Crippen LogP contribution is 1.83. The summed E-state index contributed by atoms with van der Waals surface area (Å²) in [5.74, 6) is -0.556. The van der Waals surface area contributed by atoms with Crippen LogP contribution >= 0.6 is 0 Å². The summed E-state index contributed by atoms with van der Waals surface area (Å²) in [4.78, 5) is 21.6. The van der Waals surface area contributed by atoms with E-state index in [2.05, 4.69) is 0 Å². The highest BCUT2D eigenvalue weighted by Gasteiger charge is 2.06. The lowest BCUT2D eigenvalue weighted by molar-refractivity contribution is -0.123. The van der Waals surface area contributed by atoms with Crippen molar-refractivity contribution in [3.63, 3.8) is 0 Å². The molecular formula is C6H10NO2. The lowest BCUT2D eigenvalue weighted by atomic mass is 10.5. The number of hydrogen-bond acceptors (Lipinski definition) is 2. The topological polar surface area (TPSA) is 37.4 Å². The van der Waals surface area contributed by atoms with Gasteiger partial charge in [-0.05, 0) is 13.8 Å². The Bertz CT molecular complexity index is 108. The molecule has 0 aromatic carbocycles. The van der Waals surface area contributed by atoms with Gasteiger partial charge in [0.15, 0.2) is 0 Å². The molecule has 0 saturated carbocycles.